The molecule has 1 heterocycles. The first-order valence-electron chi connectivity index (χ1n) is 7.15. The van der Waals surface area contributed by atoms with Gasteiger partial charge in [-0.05, 0) is 43.7 Å². The van der Waals surface area contributed by atoms with Gasteiger partial charge in [-0.15, -0.1) is 0 Å². The third-order valence-electron chi connectivity index (χ3n) is 4.54. The van der Waals surface area contributed by atoms with E-state index >= 15 is 0 Å². The Morgan fingerprint density at radius 1 is 1.41 bits per heavy atom. The Morgan fingerprint density at radius 2 is 2.18 bits per heavy atom. The Balaban J connectivity index is 1.68. The third kappa shape index (κ3) is 3.44. The topological polar surface area (TPSA) is 41.1 Å². The molecule has 1 saturated carbocycles. The molecule has 3 nitrogen and oxygen atoms in total. The largest absolute Gasteiger partial charge is 0.356 e. The summed E-state index contributed by atoms with van der Waals surface area (Å²) in [6.07, 6.45) is 5.29. The Kier molecular flexibility index (Phi) is 4.43. The van der Waals surface area contributed by atoms with Crippen molar-refractivity contribution >= 4 is 5.91 Å². The van der Waals surface area contributed by atoms with E-state index in [-0.39, 0.29) is 11.8 Å². The lowest BCUT2D eigenvalue weighted by Gasteiger charge is -2.32. The minimum atomic E-state index is 0.178. The van der Waals surface area contributed by atoms with Gasteiger partial charge in [0.1, 0.15) is 0 Å². The SMILES string of the molecule is CC1CCCC(CNC(=O)C(C)C2CNC2)C1. The van der Waals surface area contributed by atoms with Crippen LogP contribution in [-0.2, 0) is 4.79 Å². The maximum atomic E-state index is 12.0. The first kappa shape index (κ1) is 12.9. The normalized spacial score (nSPS) is 31.6. The zero-order chi connectivity index (χ0) is 12.3. The fourth-order valence-electron chi connectivity index (χ4n) is 3.03. The number of nitrogens with one attached hydrogen (secondary N) is 2. The van der Waals surface area contributed by atoms with Gasteiger partial charge in [0.2, 0.25) is 5.91 Å². The molecule has 3 unspecified atom stereocenters. The second kappa shape index (κ2) is 5.85. The molecule has 0 aromatic carbocycles. The van der Waals surface area contributed by atoms with Gasteiger partial charge in [0, 0.05) is 12.5 Å². The van der Waals surface area contributed by atoms with Crippen LogP contribution >= 0.6 is 0 Å². The zero-order valence-electron chi connectivity index (χ0n) is 11.2. The molecular formula is C14H26N2O. The number of carbonyl (C=O) groups excluding carboxylic acids is 1. The second-order valence-corrected chi connectivity index (χ2v) is 6.09. The van der Waals surface area contributed by atoms with E-state index in [0.29, 0.717) is 5.92 Å². The Bertz CT molecular complexity index is 263. The quantitative estimate of drug-likeness (QED) is 0.784. The van der Waals surface area contributed by atoms with Crippen LogP contribution in [0.2, 0.25) is 0 Å². The van der Waals surface area contributed by atoms with E-state index in [0.717, 1.165) is 31.5 Å². The van der Waals surface area contributed by atoms with Crippen molar-refractivity contribution < 1.29 is 4.79 Å². The first-order valence-corrected chi connectivity index (χ1v) is 7.15. The lowest BCUT2D eigenvalue weighted by atomic mass is 9.82. The molecule has 17 heavy (non-hydrogen) atoms. The van der Waals surface area contributed by atoms with Crippen molar-refractivity contribution in [3.8, 4) is 0 Å². The molecule has 0 aromatic heterocycles. The van der Waals surface area contributed by atoms with Crippen molar-refractivity contribution in [3.05, 3.63) is 0 Å². The fraction of sp³-hybridized carbons (Fsp3) is 0.929. The van der Waals surface area contributed by atoms with Crippen molar-refractivity contribution in [1.29, 1.82) is 0 Å². The molecular weight excluding hydrogens is 212 g/mol. The van der Waals surface area contributed by atoms with E-state index in [1.807, 2.05) is 0 Å². The van der Waals surface area contributed by atoms with E-state index in [2.05, 4.69) is 24.5 Å². The highest BCUT2D eigenvalue weighted by atomic mass is 16.1. The van der Waals surface area contributed by atoms with Crippen LogP contribution in [0.1, 0.15) is 39.5 Å². The Morgan fingerprint density at radius 3 is 2.76 bits per heavy atom. The molecule has 3 heteroatoms. The van der Waals surface area contributed by atoms with Crippen molar-refractivity contribution in [2.75, 3.05) is 19.6 Å². The van der Waals surface area contributed by atoms with Crippen LogP contribution < -0.4 is 10.6 Å². The van der Waals surface area contributed by atoms with Crippen LogP contribution in [0.15, 0.2) is 0 Å². The molecule has 2 aliphatic rings. The number of amides is 1. The maximum Gasteiger partial charge on any atom is 0.223 e. The first-order chi connectivity index (χ1) is 8.16. The molecule has 0 bridgehead atoms. The molecule has 0 spiro atoms. The van der Waals surface area contributed by atoms with Crippen molar-refractivity contribution in [2.45, 2.75) is 39.5 Å². The molecule has 2 rings (SSSR count). The second-order valence-electron chi connectivity index (χ2n) is 6.09. The standard InChI is InChI=1S/C14H26N2O/c1-10-4-3-5-12(6-10)7-16-14(17)11(2)13-8-15-9-13/h10-13,15H,3-9H2,1-2H3,(H,16,17). The van der Waals surface area contributed by atoms with Crippen LogP contribution in [0.4, 0.5) is 0 Å². The van der Waals surface area contributed by atoms with E-state index < -0.39 is 0 Å². The summed E-state index contributed by atoms with van der Waals surface area (Å²) in [5, 5.41) is 6.38. The summed E-state index contributed by atoms with van der Waals surface area (Å²) in [4.78, 5) is 12.0. The monoisotopic (exact) mass is 238 g/mol. The molecule has 1 aliphatic carbocycles. The summed E-state index contributed by atoms with van der Waals surface area (Å²) in [6, 6.07) is 0. The van der Waals surface area contributed by atoms with E-state index in [4.69, 9.17) is 0 Å². The molecule has 2 fully saturated rings. The van der Waals surface area contributed by atoms with E-state index in [9.17, 15) is 4.79 Å². The molecule has 1 amide bonds. The highest BCUT2D eigenvalue weighted by Gasteiger charge is 2.29. The predicted molar refractivity (Wildman–Crippen MR) is 69.7 cm³/mol. The highest BCUT2D eigenvalue weighted by Crippen LogP contribution is 2.28. The average molecular weight is 238 g/mol. The number of carbonyl (C=O) groups is 1. The number of rotatable bonds is 4. The fourth-order valence-corrected chi connectivity index (χ4v) is 3.03. The van der Waals surface area contributed by atoms with Gasteiger partial charge < -0.3 is 10.6 Å². The van der Waals surface area contributed by atoms with Crippen molar-refractivity contribution in [2.24, 2.45) is 23.7 Å². The average Bonchev–Trinajstić information content (AvgIpc) is 2.23. The summed E-state index contributed by atoms with van der Waals surface area (Å²) in [7, 11) is 0. The van der Waals surface area contributed by atoms with Gasteiger partial charge in [0.25, 0.3) is 0 Å². The Hall–Kier alpha value is -0.570. The lowest BCUT2D eigenvalue weighted by Crippen LogP contribution is -2.50. The number of hydrogen-bond donors (Lipinski definition) is 2. The summed E-state index contributed by atoms with van der Waals surface area (Å²) in [5.41, 5.74) is 0. The molecule has 1 saturated heterocycles. The predicted octanol–water partition coefficient (Wildman–Crippen LogP) is 1.78. The van der Waals surface area contributed by atoms with Gasteiger partial charge in [-0.1, -0.05) is 26.7 Å². The maximum absolute atomic E-state index is 12.0. The van der Waals surface area contributed by atoms with Crippen LogP contribution in [0.5, 0.6) is 0 Å². The Labute approximate surface area is 105 Å². The minimum Gasteiger partial charge on any atom is -0.356 e. The molecule has 2 N–H and O–H groups in total. The van der Waals surface area contributed by atoms with Gasteiger partial charge in [-0.3, -0.25) is 4.79 Å². The number of hydrogen-bond acceptors (Lipinski definition) is 2. The summed E-state index contributed by atoms with van der Waals surface area (Å²) < 4.78 is 0. The van der Waals surface area contributed by atoms with E-state index in [1.165, 1.54) is 25.7 Å². The van der Waals surface area contributed by atoms with Crippen LogP contribution in [0.3, 0.4) is 0 Å². The minimum absolute atomic E-state index is 0.178. The van der Waals surface area contributed by atoms with Gasteiger partial charge >= 0.3 is 0 Å². The summed E-state index contributed by atoms with van der Waals surface area (Å²) in [5.74, 6) is 2.56. The van der Waals surface area contributed by atoms with E-state index in [1.54, 1.807) is 0 Å². The van der Waals surface area contributed by atoms with Gasteiger partial charge in [0.05, 0.1) is 0 Å². The zero-order valence-corrected chi connectivity index (χ0v) is 11.2. The molecule has 0 radical (unpaired) electrons. The molecule has 98 valence electrons. The highest BCUT2D eigenvalue weighted by molar-refractivity contribution is 5.78. The molecule has 3 atom stereocenters. The third-order valence-corrected chi connectivity index (χ3v) is 4.54. The van der Waals surface area contributed by atoms with Crippen molar-refractivity contribution in [3.63, 3.8) is 0 Å². The van der Waals surface area contributed by atoms with Gasteiger partial charge in [-0.2, -0.15) is 0 Å². The van der Waals surface area contributed by atoms with Gasteiger partial charge in [-0.25, -0.2) is 0 Å². The molecule has 0 aromatic rings. The van der Waals surface area contributed by atoms with Crippen LogP contribution in [-0.4, -0.2) is 25.5 Å². The van der Waals surface area contributed by atoms with Gasteiger partial charge in [0.15, 0.2) is 0 Å². The summed E-state index contributed by atoms with van der Waals surface area (Å²) in [6.45, 7) is 7.30. The smallest absolute Gasteiger partial charge is 0.223 e. The van der Waals surface area contributed by atoms with Crippen LogP contribution in [0.25, 0.3) is 0 Å². The lowest BCUT2D eigenvalue weighted by molar-refractivity contribution is -0.126. The molecule has 1 aliphatic heterocycles. The summed E-state index contributed by atoms with van der Waals surface area (Å²) >= 11 is 0. The van der Waals surface area contributed by atoms with Crippen LogP contribution in [0, 0.1) is 23.7 Å². The van der Waals surface area contributed by atoms with Crippen molar-refractivity contribution in [1.82, 2.24) is 10.6 Å².